The average Bonchev–Trinajstić information content (AvgIpc) is 2.13. The van der Waals surface area contributed by atoms with Gasteiger partial charge in [0, 0.05) is 6.20 Å². The van der Waals surface area contributed by atoms with Crippen molar-refractivity contribution in [3.8, 4) is 0 Å². The highest BCUT2D eigenvalue weighted by atomic mass is 35.5. The monoisotopic (exact) mass is 219 g/mol. The fourth-order valence-electron chi connectivity index (χ4n) is 1.05. The van der Waals surface area contributed by atoms with Crippen LogP contribution in [0.15, 0.2) is 12.3 Å². The van der Waals surface area contributed by atoms with Gasteiger partial charge >= 0.3 is 0 Å². The molecule has 0 saturated heterocycles. The Morgan fingerprint density at radius 2 is 2.38 bits per heavy atom. The van der Waals surface area contributed by atoms with Gasteiger partial charge in [0.05, 0.1) is 0 Å². The number of nitrogens with zero attached hydrogens (tertiary/aromatic N) is 1. The molecule has 0 aliphatic heterocycles. The Balaban J connectivity index is 2.83. The standard InChI is InChI=1S/C9H11ClFNS/c1-6(5-13)4-7-2-3-12-9(10)8(7)11/h2-3,6,13H,4-5H2,1H3. The second-order valence-electron chi connectivity index (χ2n) is 3.07. The van der Waals surface area contributed by atoms with Crippen LogP contribution in [0.5, 0.6) is 0 Å². The highest BCUT2D eigenvalue weighted by Crippen LogP contribution is 2.18. The van der Waals surface area contributed by atoms with Gasteiger partial charge in [-0.2, -0.15) is 12.6 Å². The van der Waals surface area contributed by atoms with Crippen LogP contribution in [0.3, 0.4) is 0 Å². The Morgan fingerprint density at radius 3 is 3.00 bits per heavy atom. The Labute approximate surface area is 87.7 Å². The Hall–Kier alpha value is -0.280. The maximum Gasteiger partial charge on any atom is 0.164 e. The van der Waals surface area contributed by atoms with E-state index in [1.54, 1.807) is 6.07 Å². The van der Waals surface area contributed by atoms with E-state index in [0.717, 1.165) is 5.75 Å². The predicted octanol–water partition coefficient (Wildman–Crippen LogP) is 2.98. The smallest absolute Gasteiger partial charge is 0.164 e. The second-order valence-corrected chi connectivity index (χ2v) is 3.79. The molecule has 0 aliphatic carbocycles. The lowest BCUT2D eigenvalue weighted by molar-refractivity contribution is 0.574. The lowest BCUT2D eigenvalue weighted by Gasteiger charge is -2.08. The minimum Gasteiger partial charge on any atom is -0.242 e. The van der Waals surface area contributed by atoms with Gasteiger partial charge in [0.1, 0.15) is 0 Å². The number of thiol groups is 1. The van der Waals surface area contributed by atoms with Crippen LogP contribution in [0.4, 0.5) is 4.39 Å². The van der Waals surface area contributed by atoms with Crippen molar-refractivity contribution in [2.24, 2.45) is 5.92 Å². The first kappa shape index (κ1) is 10.8. The van der Waals surface area contributed by atoms with Gasteiger partial charge in [-0.15, -0.1) is 0 Å². The van der Waals surface area contributed by atoms with Crippen molar-refractivity contribution < 1.29 is 4.39 Å². The maximum absolute atomic E-state index is 13.3. The van der Waals surface area contributed by atoms with Crippen LogP contribution in [0.25, 0.3) is 0 Å². The molecular formula is C9H11ClFNS. The molecular weight excluding hydrogens is 209 g/mol. The minimum atomic E-state index is -0.405. The van der Waals surface area contributed by atoms with Crippen molar-refractivity contribution in [1.29, 1.82) is 0 Å². The van der Waals surface area contributed by atoms with Crippen molar-refractivity contribution in [3.63, 3.8) is 0 Å². The highest BCUT2D eigenvalue weighted by molar-refractivity contribution is 7.80. The summed E-state index contributed by atoms with van der Waals surface area (Å²) in [6, 6.07) is 1.65. The van der Waals surface area contributed by atoms with E-state index in [1.807, 2.05) is 6.92 Å². The fourth-order valence-corrected chi connectivity index (χ4v) is 1.36. The first-order valence-electron chi connectivity index (χ1n) is 4.05. The van der Waals surface area contributed by atoms with E-state index < -0.39 is 5.82 Å². The van der Waals surface area contributed by atoms with Crippen LogP contribution in [0.1, 0.15) is 12.5 Å². The quantitative estimate of drug-likeness (QED) is 0.609. The summed E-state index contributed by atoms with van der Waals surface area (Å²) in [4.78, 5) is 3.64. The molecule has 0 radical (unpaired) electrons. The molecule has 0 aliphatic rings. The number of aromatic nitrogens is 1. The molecule has 1 heterocycles. The summed E-state index contributed by atoms with van der Waals surface area (Å²) < 4.78 is 13.3. The SMILES string of the molecule is CC(CS)Cc1ccnc(Cl)c1F. The molecule has 1 nitrogen and oxygen atoms in total. The van der Waals surface area contributed by atoms with Gasteiger partial charge in [0.15, 0.2) is 11.0 Å². The minimum absolute atomic E-state index is 0.0520. The van der Waals surface area contributed by atoms with Gasteiger partial charge in [0.25, 0.3) is 0 Å². The zero-order chi connectivity index (χ0) is 9.84. The van der Waals surface area contributed by atoms with Gasteiger partial charge in [-0.25, -0.2) is 9.37 Å². The molecule has 0 bridgehead atoms. The van der Waals surface area contributed by atoms with E-state index in [-0.39, 0.29) is 5.15 Å². The molecule has 0 N–H and O–H groups in total. The average molecular weight is 220 g/mol. The van der Waals surface area contributed by atoms with E-state index in [2.05, 4.69) is 17.6 Å². The molecule has 0 amide bonds. The van der Waals surface area contributed by atoms with Crippen LogP contribution in [0, 0.1) is 11.7 Å². The van der Waals surface area contributed by atoms with Crippen LogP contribution in [-0.4, -0.2) is 10.7 Å². The molecule has 1 rings (SSSR count). The summed E-state index contributed by atoms with van der Waals surface area (Å²) in [6.07, 6.45) is 2.17. The third-order valence-electron chi connectivity index (χ3n) is 1.81. The molecule has 72 valence electrons. The van der Waals surface area contributed by atoms with Crippen molar-refractivity contribution in [1.82, 2.24) is 4.98 Å². The van der Waals surface area contributed by atoms with Crippen molar-refractivity contribution in [2.75, 3.05) is 5.75 Å². The molecule has 1 aromatic rings. The molecule has 1 unspecified atom stereocenters. The molecule has 4 heteroatoms. The number of pyridine rings is 1. The van der Waals surface area contributed by atoms with Crippen LogP contribution in [-0.2, 0) is 6.42 Å². The molecule has 0 spiro atoms. The van der Waals surface area contributed by atoms with Crippen LogP contribution in [0.2, 0.25) is 5.15 Å². The summed E-state index contributed by atoms with van der Waals surface area (Å²) in [6.45, 7) is 2.01. The van der Waals surface area contributed by atoms with Gasteiger partial charge in [0.2, 0.25) is 0 Å². The van der Waals surface area contributed by atoms with Crippen molar-refractivity contribution in [3.05, 3.63) is 28.8 Å². The summed E-state index contributed by atoms with van der Waals surface area (Å²) >= 11 is 9.67. The maximum atomic E-state index is 13.3. The van der Waals surface area contributed by atoms with Gasteiger partial charge in [-0.3, -0.25) is 0 Å². The Morgan fingerprint density at radius 1 is 1.69 bits per heavy atom. The zero-order valence-corrected chi connectivity index (χ0v) is 8.95. The Kier molecular flexibility index (Phi) is 4.00. The molecule has 1 atom stereocenters. The van der Waals surface area contributed by atoms with E-state index >= 15 is 0 Å². The van der Waals surface area contributed by atoms with Crippen molar-refractivity contribution in [2.45, 2.75) is 13.3 Å². The number of hydrogen-bond acceptors (Lipinski definition) is 2. The third kappa shape index (κ3) is 2.85. The molecule has 1 aromatic heterocycles. The number of hydrogen-bond donors (Lipinski definition) is 1. The number of halogens is 2. The zero-order valence-electron chi connectivity index (χ0n) is 7.30. The van der Waals surface area contributed by atoms with E-state index in [0.29, 0.717) is 17.9 Å². The first-order chi connectivity index (χ1) is 6.15. The Bertz CT molecular complexity index is 293. The second kappa shape index (κ2) is 4.82. The normalized spacial score (nSPS) is 12.9. The highest BCUT2D eigenvalue weighted by Gasteiger charge is 2.09. The molecule has 0 aromatic carbocycles. The van der Waals surface area contributed by atoms with Crippen molar-refractivity contribution >= 4 is 24.2 Å². The van der Waals surface area contributed by atoms with Crippen LogP contribution >= 0.6 is 24.2 Å². The molecule has 13 heavy (non-hydrogen) atoms. The van der Waals surface area contributed by atoms with E-state index in [1.165, 1.54) is 6.20 Å². The van der Waals surface area contributed by atoms with E-state index in [4.69, 9.17) is 11.6 Å². The predicted molar refractivity (Wildman–Crippen MR) is 55.9 cm³/mol. The topological polar surface area (TPSA) is 12.9 Å². The van der Waals surface area contributed by atoms with Gasteiger partial charge in [-0.1, -0.05) is 18.5 Å². The molecule has 0 fully saturated rings. The summed E-state index contributed by atoms with van der Waals surface area (Å²) in [7, 11) is 0. The first-order valence-corrected chi connectivity index (χ1v) is 5.06. The third-order valence-corrected chi connectivity index (χ3v) is 2.69. The summed E-state index contributed by atoms with van der Waals surface area (Å²) in [5, 5.41) is -0.0520. The fraction of sp³-hybridized carbons (Fsp3) is 0.444. The lowest BCUT2D eigenvalue weighted by Crippen LogP contribution is -2.03. The summed E-state index contributed by atoms with van der Waals surface area (Å²) in [5.41, 5.74) is 0.613. The summed E-state index contributed by atoms with van der Waals surface area (Å²) in [5.74, 6) is 0.674. The van der Waals surface area contributed by atoms with Crippen LogP contribution < -0.4 is 0 Å². The van der Waals surface area contributed by atoms with E-state index in [9.17, 15) is 4.39 Å². The van der Waals surface area contributed by atoms with Gasteiger partial charge in [-0.05, 0) is 29.7 Å². The van der Waals surface area contributed by atoms with Gasteiger partial charge < -0.3 is 0 Å². The lowest BCUT2D eigenvalue weighted by atomic mass is 10.0. The largest absolute Gasteiger partial charge is 0.242 e. The number of rotatable bonds is 3. The molecule has 0 saturated carbocycles.